The van der Waals surface area contributed by atoms with E-state index < -0.39 is 0 Å². The molecule has 1 saturated carbocycles. The van der Waals surface area contributed by atoms with Crippen LogP contribution in [0.4, 0.5) is 0 Å². The molecule has 1 unspecified atom stereocenters. The molecule has 4 rings (SSSR count). The molecule has 0 bridgehead atoms. The zero-order valence-corrected chi connectivity index (χ0v) is 16.3. The van der Waals surface area contributed by atoms with Gasteiger partial charge in [0.2, 0.25) is 0 Å². The summed E-state index contributed by atoms with van der Waals surface area (Å²) >= 11 is 0. The number of aryl methyl sites for hydroxylation is 1. The fourth-order valence-electron chi connectivity index (χ4n) is 3.78. The molecule has 6 heteroatoms. The first-order valence-electron chi connectivity index (χ1n) is 9.89. The minimum absolute atomic E-state index is 0.0420. The van der Waals surface area contributed by atoms with Crippen molar-refractivity contribution in [1.29, 1.82) is 0 Å². The lowest BCUT2D eigenvalue weighted by atomic mass is 9.96. The normalized spacial score (nSPS) is 21.9. The molecule has 144 valence electrons. The standard InChI is InChI=1S/C21H29N5O/c1-3-22-20(23-16-21(9-10-21)18-7-5-4-6-8-18)26-11-12-27-19(15-26)17-13-24-25(2)14-17/h4-8,13-14,19H,3,9-12,15-16H2,1-2H3,(H,22,23). The summed E-state index contributed by atoms with van der Waals surface area (Å²) < 4.78 is 7.81. The topological polar surface area (TPSA) is 54.7 Å². The van der Waals surface area contributed by atoms with E-state index in [1.165, 1.54) is 18.4 Å². The Bertz CT molecular complexity index is 781. The van der Waals surface area contributed by atoms with Crippen LogP contribution in [0.2, 0.25) is 0 Å². The van der Waals surface area contributed by atoms with Crippen LogP contribution in [-0.2, 0) is 17.2 Å². The van der Waals surface area contributed by atoms with Crippen LogP contribution in [0.1, 0.15) is 37.0 Å². The molecule has 2 heterocycles. The fraction of sp³-hybridized carbons (Fsp3) is 0.524. The van der Waals surface area contributed by atoms with Crippen molar-refractivity contribution in [2.75, 3.05) is 32.8 Å². The number of nitrogens with zero attached hydrogens (tertiary/aromatic N) is 4. The molecule has 1 aromatic heterocycles. The van der Waals surface area contributed by atoms with Gasteiger partial charge in [-0.3, -0.25) is 9.67 Å². The van der Waals surface area contributed by atoms with Crippen molar-refractivity contribution >= 4 is 5.96 Å². The Kier molecular flexibility index (Phi) is 5.16. The van der Waals surface area contributed by atoms with Gasteiger partial charge in [0, 0.05) is 37.3 Å². The summed E-state index contributed by atoms with van der Waals surface area (Å²) in [6.07, 6.45) is 6.42. The predicted octanol–water partition coefficient (Wildman–Crippen LogP) is 2.49. The predicted molar refractivity (Wildman–Crippen MR) is 107 cm³/mol. The van der Waals surface area contributed by atoms with Gasteiger partial charge in [0.25, 0.3) is 0 Å². The second kappa shape index (κ2) is 7.72. The molecule has 1 atom stereocenters. The van der Waals surface area contributed by atoms with E-state index in [0.717, 1.165) is 37.7 Å². The van der Waals surface area contributed by atoms with Crippen molar-refractivity contribution in [3.05, 3.63) is 53.9 Å². The molecule has 1 N–H and O–H groups in total. The second-order valence-electron chi connectivity index (χ2n) is 7.57. The lowest BCUT2D eigenvalue weighted by Crippen LogP contribution is -2.48. The smallest absolute Gasteiger partial charge is 0.194 e. The Morgan fingerprint density at radius 2 is 2.15 bits per heavy atom. The number of rotatable bonds is 5. The lowest BCUT2D eigenvalue weighted by Gasteiger charge is -2.35. The highest BCUT2D eigenvalue weighted by Gasteiger charge is 2.44. The Morgan fingerprint density at radius 1 is 1.33 bits per heavy atom. The van der Waals surface area contributed by atoms with Gasteiger partial charge in [0.05, 0.1) is 25.9 Å². The average molecular weight is 367 g/mol. The Balaban J connectivity index is 1.47. The molecule has 0 spiro atoms. The molecular weight excluding hydrogens is 338 g/mol. The molecule has 2 aliphatic rings. The third-order valence-corrected chi connectivity index (χ3v) is 5.57. The summed E-state index contributed by atoms with van der Waals surface area (Å²) in [6, 6.07) is 10.8. The van der Waals surface area contributed by atoms with Crippen molar-refractivity contribution < 1.29 is 4.74 Å². The van der Waals surface area contributed by atoms with Crippen molar-refractivity contribution in [2.24, 2.45) is 12.0 Å². The number of guanidine groups is 1. The number of benzene rings is 1. The highest BCUT2D eigenvalue weighted by atomic mass is 16.5. The van der Waals surface area contributed by atoms with E-state index in [1.54, 1.807) is 0 Å². The third-order valence-electron chi connectivity index (χ3n) is 5.57. The van der Waals surface area contributed by atoms with Gasteiger partial charge in [-0.05, 0) is 25.3 Å². The number of morpholine rings is 1. The van der Waals surface area contributed by atoms with Gasteiger partial charge in [-0.2, -0.15) is 5.10 Å². The van der Waals surface area contributed by atoms with Gasteiger partial charge >= 0.3 is 0 Å². The van der Waals surface area contributed by atoms with Crippen molar-refractivity contribution in [1.82, 2.24) is 20.0 Å². The van der Waals surface area contributed by atoms with Crippen LogP contribution in [0.5, 0.6) is 0 Å². The maximum Gasteiger partial charge on any atom is 0.194 e. The Hall–Kier alpha value is -2.34. The van der Waals surface area contributed by atoms with Crippen molar-refractivity contribution in [3.8, 4) is 0 Å². The van der Waals surface area contributed by atoms with Gasteiger partial charge in [-0.15, -0.1) is 0 Å². The largest absolute Gasteiger partial charge is 0.370 e. The van der Waals surface area contributed by atoms with Crippen LogP contribution in [0.15, 0.2) is 47.7 Å². The highest BCUT2D eigenvalue weighted by molar-refractivity contribution is 5.80. The van der Waals surface area contributed by atoms with Crippen molar-refractivity contribution in [3.63, 3.8) is 0 Å². The van der Waals surface area contributed by atoms with Gasteiger partial charge < -0.3 is 15.0 Å². The van der Waals surface area contributed by atoms with E-state index in [2.05, 4.69) is 52.6 Å². The zero-order valence-electron chi connectivity index (χ0n) is 16.3. The first-order chi connectivity index (χ1) is 13.2. The SMILES string of the molecule is CCNC(=NCC1(c2ccccc2)CC1)N1CCOC(c2cnn(C)c2)C1. The summed E-state index contributed by atoms with van der Waals surface area (Å²) in [4.78, 5) is 7.36. The lowest BCUT2D eigenvalue weighted by molar-refractivity contribution is -0.00805. The van der Waals surface area contributed by atoms with Crippen LogP contribution in [-0.4, -0.2) is 53.4 Å². The third kappa shape index (κ3) is 4.00. The van der Waals surface area contributed by atoms with E-state index in [-0.39, 0.29) is 11.5 Å². The van der Waals surface area contributed by atoms with Gasteiger partial charge in [0.15, 0.2) is 5.96 Å². The zero-order chi connectivity index (χ0) is 18.7. The summed E-state index contributed by atoms with van der Waals surface area (Å²) in [5.74, 6) is 0.997. The van der Waals surface area contributed by atoms with Gasteiger partial charge in [0.1, 0.15) is 6.10 Å². The molecule has 2 aromatic rings. The summed E-state index contributed by atoms with van der Waals surface area (Å²) in [5, 5.41) is 7.76. The summed E-state index contributed by atoms with van der Waals surface area (Å²) in [5.41, 5.74) is 2.78. The number of aliphatic imine (C=N–C) groups is 1. The number of hydrogen-bond donors (Lipinski definition) is 1. The molecule has 1 aliphatic heterocycles. The quantitative estimate of drug-likeness (QED) is 0.652. The molecule has 1 aliphatic carbocycles. The van der Waals surface area contributed by atoms with Crippen molar-refractivity contribution in [2.45, 2.75) is 31.3 Å². The maximum absolute atomic E-state index is 5.99. The number of ether oxygens (including phenoxy) is 1. The molecule has 0 amide bonds. The van der Waals surface area contributed by atoms with Crippen LogP contribution >= 0.6 is 0 Å². The second-order valence-corrected chi connectivity index (χ2v) is 7.57. The van der Waals surface area contributed by atoms with E-state index >= 15 is 0 Å². The molecule has 27 heavy (non-hydrogen) atoms. The number of nitrogens with one attached hydrogen (secondary N) is 1. The molecule has 6 nitrogen and oxygen atoms in total. The van der Waals surface area contributed by atoms with Crippen LogP contribution in [0, 0.1) is 0 Å². The van der Waals surface area contributed by atoms with Crippen LogP contribution in [0.25, 0.3) is 0 Å². The van der Waals surface area contributed by atoms with E-state index in [1.807, 2.05) is 24.1 Å². The minimum atomic E-state index is 0.0420. The Morgan fingerprint density at radius 3 is 2.81 bits per heavy atom. The molecule has 1 saturated heterocycles. The van der Waals surface area contributed by atoms with E-state index in [4.69, 9.17) is 9.73 Å². The number of hydrogen-bond acceptors (Lipinski definition) is 3. The van der Waals surface area contributed by atoms with Gasteiger partial charge in [-0.1, -0.05) is 30.3 Å². The minimum Gasteiger partial charge on any atom is -0.370 e. The average Bonchev–Trinajstić information content (AvgIpc) is 3.38. The monoisotopic (exact) mass is 367 g/mol. The molecule has 1 aromatic carbocycles. The van der Waals surface area contributed by atoms with Crippen LogP contribution in [0.3, 0.4) is 0 Å². The molecule has 2 fully saturated rings. The van der Waals surface area contributed by atoms with Crippen LogP contribution < -0.4 is 5.32 Å². The van der Waals surface area contributed by atoms with E-state index in [9.17, 15) is 0 Å². The van der Waals surface area contributed by atoms with E-state index in [0.29, 0.717) is 6.61 Å². The summed E-state index contributed by atoms with van der Waals surface area (Å²) in [7, 11) is 1.94. The summed E-state index contributed by atoms with van der Waals surface area (Å²) in [6.45, 7) is 6.20. The maximum atomic E-state index is 5.99. The molecular formula is C21H29N5O. The fourth-order valence-corrected chi connectivity index (χ4v) is 3.78. The first kappa shape index (κ1) is 18.0. The number of aromatic nitrogens is 2. The highest BCUT2D eigenvalue weighted by Crippen LogP contribution is 2.48. The van der Waals surface area contributed by atoms with Gasteiger partial charge in [-0.25, -0.2) is 0 Å². The molecule has 0 radical (unpaired) electrons. The first-order valence-corrected chi connectivity index (χ1v) is 9.89. The Labute approximate surface area is 161 Å².